The fourth-order valence-corrected chi connectivity index (χ4v) is 6.87. The van der Waals surface area contributed by atoms with E-state index in [2.05, 4.69) is 51.4 Å². The molecule has 0 radical (unpaired) electrons. The van der Waals surface area contributed by atoms with E-state index in [1.165, 1.54) is 48.3 Å². The molecule has 1 unspecified atom stereocenters. The van der Waals surface area contributed by atoms with Crippen LogP contribution >= 0.6 is 11.3 Å². The molecule has 236 valence electrons. The molecular weight excluding hydrogens is 570 g/mol. The molecule has 0 saturated carbocycles. The van der Waals surface area contributed by atoms with Crippen molar-refractivity contribution in [3.8, 4) is 5.75 Å². The lowest BCUT2D eigenvalue weighted by atomic mass is 10.1. The molecule has 5 rings (SSSR count). The number of esters is 1. The van der Waals surface area contributed by atoms with Crippen molar-refractivity contribution in [2.45, 2.75) is 77.4 Å². The second kappa shape index (κ2) is 16.8. The van der Waals surface area contributed by atoms with E-state index < -0.39 is 0 Å². The Labute approximate surface area is 265 Å². The van der Waals surface area contributed by atoms with E-state index in [9.17, 15) is 9.59 Å². The summed E-state index contributed by atoms with van der Waals surface area (Å²) in [5, 5.41) is 4.30. The predicted octanol–water partition coefficient (Wildman–Crippen LogP) is 7.90. The number of piperazine rings is 1. The summed E-state index contributed by atoms with van der Waals surface area (Å²) in [6.45, 7) is 7.52. The van der Waals surface area contributed by atoms with Crippen molar-refractivity contribution in [1.82, 2.24) is 14.8 Å². The zero-order valence-electron chi connectivity index (χ0n) is 26.1. The zero-order chi connectivity index (χ0) is 30.6. The van der Waals surface area contributed by atoms with Crippen molar-refractivity contribution in [2.75, 3.05) is 39.3 Å². The number of carbonyl (C=O) groups excluding carboxylic acids is 1. The average Bonchev–Trinajstić information content (AvgIpc) is 3.53. The minimum absolute atomic E-state index is 0.0870. The summed E-state index contributed by atoms with van der Waals surface area (Å²) in [5.74, 6) is 0.692. The lowest BCUT2D eigenvalue weighted by Crippen LogP contribution is -2.48. The third-order valence-corrected chi connectivity index (χ3v) is 9.48. The summed E-state index contributed by atoms with van der Waals surface area (Å²) >= 11 is 1.73. The van der Waals surface area contributed by atoms with E-state index in [0.717, 1.165) is 80.6 Å². The van der Waals surface area contributed by atoms with E-state index in [1.807, 2.05) is 24.3 Å². The van der Waals surface area contributed by atoms with Crippen LogP contribution < -0.4 is 10.3 Å². The van der Waals surface area contributed by atoms with Gasteiger partial charge in [0.05, 0.1) is 12.1 Å². The third-order valence-electron chi connectivity index (χ3n) is 8.60. The SMILES string of the molecule is CCCCCCCCCC(=O)OC(c1cccc2sccc12)N1CCN(CCCCOc2ccc3ccc(=O)[nH]c3c2)CC1. The highest BCUT2D eigenvalue weighted by atomic mass is 32.1. The number of benzene rings is 2. The summed E-state index contributed by atoms with van der Waals surface area (Å²) in [4.78, 5) is 32.4. The minimum atomic E-state index is -0.349. The number of rotatable bonds is 17. The molecule has 1 fully saturated rings. The molecule has 1 aliphatic rings. The first-order valence-corrected chi connectivity index (χ1v) is 17.4. The van der Waals surface area contributed by atoms with E-state index in [-0.39, 0.29) is 17.8 Å². The lowest BCUT2D eigenvalue weighted by molar-refractivity contribution is -0.162. The van der Waals surface area contributed by atoms with Gasteiger partial charge >= 0.3 is 5.97 Å². The Morgan fingerprint density at radius 2 is 1.70 bits per heavy atom. The van der Waals surface area contributed by atoms with Crippen molar-refractivity contribution in [3.05, 3.63) is 75.9 Å². The molecule has 44 heavy (non-hydrogen) atoms. The molecule has 3 heterocycles. The number of hydrogen-bond acceptors (Lipinski definition) is 7. The Morgan fingerprint density at radius 1 is 0.909 bits per heavy atom. The van der Waals surface area contributed by atoms with Crippen molar-refractivity contribution < 1.29 is 14.3 Å². The summed E-state index contributed by atoms with van der Waals surface area (Å²) in [6.07, 6.45) is 10.5. The third kappa shape index (κ3) is 9.16. The molecule has 0 bridgehead atoms. The molecule has 8 heteroatoms. The lowest BCUT2D eigenvalue weighted by Gasteiger charge is -2.39. The van der Waals surface area contributed by atoms with Crippen LogP contribution in [0, 0.1) is 0 Å². The van der Waals surface area contributed by atoms with Gasteiger partial charge in [-0.2, -0.15) is 0 Å². The van der Waals surface area contributed by atoms with Crippen molar-refractivity contribution in [2.24, 2.45) is 0 Å². The zero-order valence-corrected chi connectivity index (χ0v) is 26.9. The number of nitrogens with zero attached hydrogens (tertiary/aromatic N) is 2. The van der Waals surface area contributed by atoms with Crippen LogP contribution in [0.4, 0.5) is 0 Å². The number of carbonyl (C=O) groups is 1. The molecule has 4 aromatic rings. The van der Waals surface area contributed by atoms with Gasteiger partial charge in [-0.25, -0.2) is 0 Å². The summed E-state index contributed by atoms with van der Waals surface area (Å²) in [5.41, 5.74) is 1.79. The van der Waals surface area contributed by atoms with Crippen LogP contribution in [0.25, 0.3) is 21.0 Å². The molecule has 0 aliphatic carbocycles. The summed E-state index contributed by atoms with van der Waals surface area (Å²) in [7, 11) is 0. The van der Waals surface area contributed by atoms with Crippen LogP contribution in [0.2, 0.25) is 0 Å². The van der Waals surface area contributed by atoms with Gasteiger partial charge in [0.15, 0.2) is 6.23 Å². The van der Waals surface area contributed by atoms with Gasteiger partial charge in [-0.15, -0.1) is 11.3 Å². The highest BCUT2D eigenvalue weighted by Gasteiger charge is 2.29. The molecule has 0 spiro atoms. The highest BCUT2D eigenvalue weighted by Crippen LogP contribution is 2.33. The maximum absolute atomic E-state index is 13.0. The topological polar surface area (TPSA) is 74.9 Å². The van der Waals surface area contributed by atoms with Crippen molar-refractivity contribution in [1.29, 1.82) is 0 Å². The number of fused-ring (bicyclic) bond motifs is 2. The van der Waals surface area contributed by atoms with Crippen LogP contribution in [0.5, 0.6) is 5.75 Å². The molecule has 1 N–H and O–H groups in total. The summed E-state index contributed by atoms with van der Waals surface area (Å²) < 4.78 is 13.5. The Bertz CT molecular complexity index is 1520. The number of unbranched alkanes of at least 4 members (excludes halogenated alkanes) is 7. The van der Waals surface area contributed by atoms with Gasteiger partial charge in [-0.1, -0.05) is 57.6 Å². The van der Waals surface area contributed by atoms with Gasteiger partial charge in [0, 0.05) is 60.4 Å². The summed E-state index contributed by atoms with van der Waals surface area (Å²) in [6, 6.07) is 17.7. The Hall–Kier alpha value is -3.20. The molecular formula is C36H47N3O4S. The number of aromatic amines is 1. The number of thiophene rings is 1. The number of H-pyrrole nitrogens is 1. The monoisotopic (exact) mass is 617 g/mol. The normalized spacial score (nSPS) is 15.1. The van der Waals surface area contributed by atoms with Crippen molar-refractivity contribution in [3.63, 3.8) is 0 Å². The first-order chi connectivity index (χ1) is 21.6. The number of ether oxygens (including phenoxy) is 2. The van der Waals surface area contributed by atoms with Crippen LogP contribution in [0.1, 0.15) is 82.9 Å². The van der Waals surface area contributed by atoms with E-state index in [0.29, 0.717) is 13.0 Å². The van der Waals surface area contributed by atoms with Crippen LogP contribution in [0.3, 0.4) is 0 Å². The van der Waals surface area contributed by atoms with Gasteiger partial charge in [-0.3, -0.25) is 14.5 Å². The number of nitrogens with one attached hydrogen (secondary N) is 1. The standard InChI is InChI=1S/C36H47N3O4S/c1-2-3-4-5-6-7-8-14-35(41)43-36(31-12-11-13-33-30(31)19-26-44-33)39-23-21-38(22-24-39)20-9-10-25-42-29-17-15-28-16-18-34(40)37-32(28)27-29/h11-13,15-19,26-27,36H,2-10,14,20-25H2,1H3,(H,37,40). The predicted molar refractivity (Wildman–Crippen MR) is 181 cm³/mol. The fourth-order valence-electron chi connectivity index (χ4n) is 6.04. The smallest absolute Gasteiger partial charge is 0.307 e. The molecule has 7 nitrogen and oxygen atoms in total. The average molecular weight is 618 g/mol. The Kier molecular flexibility index (Phi) is 12.3. The van der Waals surface area contributed by atoms with Crippen molar-refractivity contribution >= 4 is 38.3 Å². The molecule has 1 aliphatic heterocycles. The van der Waals surface area contributed by atoms with Crippen LogP contribution in [-0.4, -0.2) is 60.1 Å². The van der Waals surface area contributed by atoms with Gasteiger partial charge < -0.3 is 19.4 Å². The highest BCUT2D eigenvalue weighted by molar-refractivity contribution is 7.17. The van der Waals surface area contributed by atoms with E-state index in [4.69, 9.17) is 9.47 Å². The van der Waals surface area contributed by atoms with Gasteiger partial charge in [-0.05, 0) is 66.9 Å². The Balaban J connectivity index is 1.08. The molecule has 2 aromatic heterocycles. The first kappa shape index (κ1) is 32.2. The minimum Gasteiger partial charge on any atom is -0.494 e. The fraction of sp³-hybridized carbons (Fsp3) is 0.500. The molecule has 0 amide bonds. The van der Waals surface area contributed by atoms with Crippen LogP contribution in [-0.2, 0) is 9.53 Å². The first-order valence-electron chi connectivity index (χ1n) is 16.5. The maximum Gasteiger partial charge on any atom is 0.307 e. The number of pyridine rings is 1. The quantitative estimate of drug-likeness (QED) is 0.0959. The van der Waals surface area contributed by atoms with Gasteiger partial charge in [0.25, 0.3) is 0 Å². The molecule has 1 saturated heterocycles. The van der Waals surface area contributed by atoms with Gasteiger partial charge in [0.2, 0.25) is 5.56 Å². The largest absolute Gasteiger partial charge is 0.494 e. The molecule has 2 aromatic carbocycles. The van der Waals surface area contributed by atoms with E-state index in [1.54, 1.807) is 11.3 Å². The second-order valence-electron chi connectivity index (χ2n) is 11.9. The number of hydrogen-bond donors (Lipinski definition) is 1. The molecule has 1 atom stereocenters. The van der Waals surface area contributed by atoms with Gasteiger partial charge in [0.1, 0.15) is 5.75 Å². The Morgan fingerprint density at radius 3 is 2.55 bits per heavy atom. The maximum atomic E-state index is 13.0. The van der Waals surface area contributed by atoms with E-state index >= 15 is 0 Å². The van der Waals surface area contributed by atoms with Crippen LogP contribution in [0.15, 0.2) is 64.8 Å². The second-order valence-corrected chi connectivity index (χ2v) is 12.8. The number of aromatic nitrogens is 1.